The maximum atomic E-state index is 12.4. The molecular formula is C21H22N6OS. The molecule has 2 N–H and O–H groups in total. The summed E-state index contributed by atoms with van der Waals surface area (Å²) in [7, 11) is 0. The Kier molecular flexibility index (Phi) is 4.70. The lowest BCUT2D eigenvalue weighted by molar-refractivity contribution is 0.250. The van der Waals surface area contributed by atoms with Crippen LogP contribution in [-0.2, 0) is 13.0 Å². The molecule has 2 aliphatic rings. The predicted octanol–water partition coefficient (Wildman–Crippen LogP) is 2.54. The molecule has 7 nitrogen and oxygen atoms in total. The first-order valence-corrected chi connectivity index (χ1v) is 10.8. The maximum absolute atomic E-state index is 12.4. The number of fused-ring (bicyclic) bond motifs is 3. The van der Waals surface area contributed by atoms with E-state index in [0.29, 0.717) is 4.88 Å². The highest BCUT2D eigenvalue weighted by Crippen LogP contribution is 2.28. The fourth-order valence-electron chi connectivity index (χ4n) is 4.22. The number of piperazine rings is 1. The van der Waals surface area contributed by atoms with Gasteiger partial charge in [0.05, 0.1) is 17.4 Å². The number of nitriles is 1. The Morgan fingerprint density at radius 2 is 2.10 bits per heavy atom. The zero-order valence-corrected chi connectivity index (χ0v) is 16.9. The number of H-pyrrole nitrogens is 1. The van der Waals surface area contributed by atoms with Crippen LogP contribution in [0.3, 0.4) is 0 Å². The van der Waals surface area contributed by atoms with Gasteiger partial charge >= 0.3 is 0 Å². The highest BCUT2D eigenvalue weighted by molar-refractivity contribution is 7.16. The van der Waals surface area contributed by atoms with E-state index in [0.717, 1.165) is 79.4 Å². The average molecular weight is 407 g/mol. The highest BCUT2D eigenvalue weighted by atomic mass is 32.1. The Bertz CT molecular complexity index is 1150. The van der Waals surface area contributed by atoms with Gasteiger partial charge in [-0.3, -0.25) is 9.69 Å². The Morgan fingerprint density at radius 1 is 1.24 bits per heavy atom. The fourth-order valence-corrected chi connectivity index (χ4v) is 4.99. The number of thiazole rings is 1. The smallest absolute Gasteiger partial charge is 0.253 e. The van der Waals surface area contributed by atoms with Crippen LogP contribution in [0, 0.1) is 11.3 Å². The molecule has 0 saturated carbocycles. The number of nitrogens with zero attached hydrogens (tertiary/aromatic N) is 4. The van der Waals surface area contributed by atoms with Crippen molar-refractivity contribution in [2.75, 3.05) is 42.9 Å². The lowest BCUT2D eigenvalue weighted by Crippen LogP contribution is -2.45. The molecular weight excluding hydrogens is 384 g/mol. The van der Waals surface area contributed by atoms with E-state index in [1.807, 2.05) is 0 Å². The van der Waals surface area contributed by atoms with Gasteiger partial charge in [0.1, 0.15) is 10.9 Å². The summed E-state index contributed by atoms with van der Waals surface area (Å²) in [6.07, 6.45) is 3.49. The van der Waals surface area contributed by atoms with E-state index in [1.165, 1.54) is 16.9 Å². The summed E-state index contributed by atoms with van der Waals surface area (Å²) in [5, 5.41) is 14.4. The molecule has 5 rings (SSSR count). The molecule has 4 heterocycles. The summed E-state index contributed by atoms with van der Waals surface area (Å²) in [6, 6.07) is 8.57. The molecule has 0 amide bonds. The van der Waals surface area contributed by atoms with Crippen LogP contribution in [0.2, 0.25) is 0 Å². The van der Waals surface area contributed by atoms with E-state index >= 15 is 0 Å². The van der Waals surface area contributed by atoms with Crippen LogP contribution in [0.25, 0.3) is 10.9 Å². The standard InChI is InChI=1S/C21H22N6OS/c22-11-15-12-24-21(29-15)27-8-6-26(7-9-27)13-14-3-4-16-18(10-14)25-20(28)17-2-1-5-23-19(16)17/h3-4,10,12,23H,1-2,5-9,13H2,(H,25,28). The summed E-state index contributed by atoms with van der Waals surface area (Å²) >= 11 is 1.45. The van der Waals surface area contributed by atoms with Gasteiger partial charge in [0.25, 0.3) is 5.56 Å². The highest BCUT2D eigenvalue weighted by Gasteiger charge is 2.20. The molecule has 0 unspecified atom stereocenters. The van der Waals surface area contributed by atoms with Crippen LogP contribution in [0.15, 0.2) is 29.2 Å². The largest absolute Gasteiger partial charge is 0.384 e. The number of aromatic amines is 1. The Balaban J connectivity index is 1.30. The molecule has 8 heteroatoms. The topological polar surface area (TPSA) is 88.1 Å². The third-order valence-corrected chi connectivity index (χ3v) is 6.70. The molecule has 1 aromatic carbocycles. The van der Waals surface area contributed by atoms with Crippen LogP contribution in [0.4, 0.5) is 10.8 Å². The zero-order chi connectivity index (χ0) is 19.8. The summed E-state index contributed by atoms with van der Waals surface area (Å²) in [5.74, 6) is 0. The van der Waals surface area contributed by atoms with Crippen molar-refractivity contribution in [3.8, 4) is 6.07 Å². The van der Waals surface area contributed by atoms with Crippen LogP contribution < -0.4 is 15.8 Å². The van der Waals surface area contributed by atoms with E-state index in [1.54, 1.807) is 6.20 Å². The van der Waals surface area contributed by atoms with Crippen LogP contribution in [0.1, 0.15) is 22.4 Å². The van der Waals surface area contributed by atoms with Crippen LogP contribution >= 0.6 is 11.3 Å². The van der Waals surface area contributed by atoms with Crippen molar-refractivity contribution in [2.45, 2.75) is 19.4 Å². The van der Waals surface area contributed by atoms with E-state index in [-0.39, 0.29) is 5.56 Å². The van der Waals surface area contributed by atoms with Crippen molar-refractivity contribution in [3.05, 3.63) is 50.8 Å². The number of benzene rings is 1. The normalized spacial score (nSPS) is 17.0. The lowest BCUT2D eigenvalue weighted by atomic mass is 10.0. The van der Waals surface area contributed by atoms with Gasteiger partial charge in [0, 0.05) is 50.2 Å². The van der Waals surface area contributed by atoms with Gasteiger partial charge in [-0.05, 0) is 24.5 Å². The molecule has 0 radical (unpaired) electrons. The average Bonchev–Trinajstić information content (AvgIpc) is 3.24. The van der Waals surface area contributed by atoms with Crippen LogP contribution in [0.5, 0.6) is 0 Å². The van der Waals surface area contributed by atoms with Crippen molar-refractivity contribution in [2.24, 2.45) is 0 Å². The fraction of sp³-hybridized carbons (Fsp3) is 0.381. The molecule has 1 fully saturated rings. The Hall–Kier alpha value is -2.89. The van der Waals surface area contributed by atoms with Gasteiger partial charge in [-0.1, -0.05) is 23.5 Å². The van der Waals surface area contributed by atoms with Gasteiger partial charge in [-0.15, -0.1) is 0 Å². The second-order valence-corrected chi connectivity index (χ2v) is 8.61. The van der Waals surface area contributed by atoms with Crippen molar-refractivity contribution in [1.82, 2.24) is 14.9 Å². The molecule has 2 aromatic heterocycles. The number of hydrogen-bond acceptors (Lipinski definition) is 7. The molecule has 2 aliphatic heterocycles. The summed E-state index contributed by atoms with van der Waals surface area (Å²) in [4.78, 5) is 25.2. The minimum atomic E-state index is 0.0330. The molecule has 0 bridgehead atoms. The Morgan fingerprint density at radius 3 is 2.90 bits per heavy atom. The first-order valence-electron chi connectivity index (χ1n) is 9.96. The third kappa shape index (κ3) is 3.48. The maximum Gasteiger partial charge on any atom is 0.253 e. The number of pyridine rings is 1. The molecule has 0 atom stereocenters. The van der Waals surface area contributed by atoms with E-state index in [2.05, 4.69) is 49.4 Å². The van der Waals surface area contributed by atoms with Crippen molar-refractivity contribution in [1.29, 1.82) is 5.26 Å². The lowest BCUT2D eigenvalue weighted by Gasteiger charge is -2.34. The molecule has 29 heavy (non-hydrogen) atoms. The zero-order valence-electron chi connectivity index (χ0n) is 16.1. The number of anilines is 2. The van der Waals surface area contributed by atoms with Gasteiger partial charge in [-0.25, -0.2) is 4.98 Å². The number of rotatable bonds is 3. The number of aromatic nitrogens is 2. The minimum Gasteiger partial charge on any atom is -0.384 e. The summed E-state index contributed by atoms with van der Waals surface area (Å²) < 4.78 is 0. The number of nitrogens with one attached hydrogen (secondary N) is 2. The van der Waals surface area contributed by atoms with E-state index < -0.39 is 0 Å². The Labute approximate surface area is 172 Å². The number of hydrogen-bond donors (Lipinski definition) is 2. The first kappa shape index (κ1) is 18.2. The first-order chi connectivity index (χ1) is 14.2. The predicted molar refractivity (Wildman–Crippen MR) is 116 cm³/mol. The van der Waals surface area contributed by atoms with Crippen molar-refractivity contribution in [3.63, 3.8) is 0 Å². The molecule has 148 valence electrons. The van der Waals surface area contributed by atoms with Gasteiger partial charge in [0.2, 0.25) is 0 Å². The van der Waals surface area contributed by atoms with E-state index in [4.69, 9.17) is 5.26 Å². The SMILES string of the molecule is N#Cc1cnc(N2CCN(Cc3ccc4c5c(c(=O)[nH]c4c3)CCCN5)CC2)s1. The quantitative estimate of drug-likeness (QED) is 0.695. The van der Waals surface area contributed by atoms with E-state index in [9.17, 15) is 4.79 Å². The second-order valence-electron chi connectivity index (χ2n) is 7.60. The third-order valence-electron chi connectivity index (χ3n) is 5.74. The molecule has 0 aliphatic carbocycles. The molecule has 1 saturated heterocycles. The second kappa shape index (κ2) is 7.50. The summed E-state index contributed by atoms with van der Waals surface area (Å²) in [6.45, 7) is 5.48. The molecule has 0 spiro atoms. The van der Waals surface area contributed by atoms with Crippen LogP contribution in [-0.4, -0.2) is 47.6 Å². The van der Waals surface area contributed by atoms with Crippen molar-refractivity contribution < 1.29 is 0 Å². The van der Waals surface area contributed by atoms with Crippen molar-refractivity contribution >= 4 is 33.1 Å². The summed E-state index contributed by atoms with van der Waals surface area (Å²) in [5.41, 5.74) is 4.04. The minimum absolute atomic E-state index is 0.0330. The monoisotopic (exact) mass is 406 g/mol. The van der Waals surface area contributed by atoms with Gasteiger partial charge < -0.3 is 15.2 Å². The van der Waals surface area contributed by atoms with Gasteiger partial charge in [0.15, 0.2) is 5.13 Å². The van der Waals surface area contributed by atoms with Gasteiger partial charge in [-0.2, -0.15) is 5.26 Å². The molecule has 3 aromatic rings.